The quantitative estimate of drug-likeness (QED) is 0.401. The fourth-order valence-electron chi connectivity index (χ4n) is 4.19. The summed E-state index contributed by atoms with van der Waals surface area (Å²) in [7, 11) is 0. The molecule has 0 aliphatic carbocycles. The number of hydrogen-bond donors (Lipinski definition) is 1. The van der Waals surface area contributed by atoms with Crippen LogP contribution in [0.15, 0.2) is 47.5 Å². The van der Waals surface area contributed by atoms with Crippen LogP contribution < -0.4 is 4.90 Å². The van der Waals surface area contributed by atoms with Crippen LogP contribution in [-0.4, -0.2) is 60.7 Å². The summed E-state index contributed by atoms with van der Waals surface area (Å²) in [5.74, 6) is 1.35. The molecule has 1 saturated heterocycles. The number of nitrogens with zero attached hydrogens (tertiary/aromatic N) is 3. The third-order valence-electron chi connectivity index (χ3n) is 5.48. The van der Waals surface area contributed by atoms with E-state index in [-0.39, 0.29) is 0 Å². The molecule has 1 aliphatic rings. The van der Waals surface area contributed by atoms with Gasteiger partial charge in [0.25, 0.3) is 0 Å². The van der Waals surface area contributed by atoms with E-state index in [0.717, 1.165) is 42.3 Å². The van der Waals surface area contributed by atoms with E-state index in [2.05, 4.69) is 47.5 Å². The molecule has 0 unspecified atom stereocenters. The summed E-state index contributed by atoms with van der Waals surface area (Å²) in [5, 5.41) is 15.0. The molecule has 170 valence electrons. The number of rotatable bonds is 12. The lowest BCUT2D eigenvalue weighted by Gasteiger charge is -2.30. The van der Waals surface area contributed by atoms with Gasteiger partial charge in [-0.3, -0.25) is 4.90 Å². The maximum Gasteiger partial charge on any atom is 0.232 e. The molecule has 1 aromatic carbocycles. The Labute approximate surface area is 186 Å². The Morgan fingerprint density at radius 3 is 2.61 bits per heavy atom. The number of piperidine rings is 1. The molecule has 0 bridgehead atoms. The normalized spacial score (nSPS) is 15.6. The lowest BCUT2D eigenvalue weighted by Crippen LogP contribution is -2.37. The topological polar surface area (TPSA) is 62.0 Å². The number of benzene rings is 1. The first-order chi connectivity index (χ1) is 15.1. The van der Waals surface area contributed by atoms with Gasteiger partial charge in [0, 0.05) is 38.3 Å². The maximum atomic E-state index is 10.5. The summed E-state index contributed by atoms with van der Waals surface area (Å²) in [6.07, 6.45) is 4.76. The van der Waals surface area contributed by atoms with Gasteiger partial charge in [-0.2, -0.15) is 0 Å². The number of ether oxygens (including phenoxy) is 1. The standard InChI is InChI=1S/C25H37N3O3/c1-4-15-30-19-22(29)17-27(16-20(2)3)18-23-24(21-11-7-5-8-12-21)26-31-25(23)28-13-9-6-10-14-28/h4-5,7-8,11-12,20,22,29H,1,6,9-10,13-19H2,2-3H3/t22-/m1/s1. The first kappa shape index (κ1) is 23.5. The lowest BCUT2D eigenvalue weighted by atomic mass is 10.0. The zero-order chi connectivity index (χ0) is 22.1. The van der Waals surface area contributed by atoms with Crippen molar-refractivity contribution < 1.29 is 14.4 Å². The highest BCUT2D eigenvalue weighted by atomic mass is 16.5. The van der Waals surface area contributed by atoms with Gasteiger partial charge in [-0.15, -0.1) is 6.58 Å². The van der Waals surface area contributed by atoms with Crippen molar-refractivity contribution in [3.8, 4) is 11.3 Å². The van der Waals surface area contributed by atoms with Crippen LogP contribution in [0.25, 0.3) is 11.3 Å². The fraction of sp³-hybridized carbons (Fsp3) is 0.560. The molecule has 0 amide bonds. The predicted octanol–water partition coefficient (Wildman–Crippen LogP) is 4.35. The number of aliphatic hydroxyl groups excluding tert-OH is 1. The van der Waals surface area contributed by atoms with Crippen molar-refractivity contribution in [1.82, 2.24) is 10.1 Å². The summed E-state index contributed by atoms with van der Waals surface area (Å²) >= 11 is 0. The van der Waals surface area contributed by atoms with Crippen molar-refractivity contribution in [2.75, 3.05) is 44.3 Å². The molecule has 31 heavy (non-hydrogen) atoms. The second kappa shape index (κ2) is 12.0. The fourth-order valence-corrected chi connectivity index (χ4v) is 4.19. The smallest absolute Gasteiger partial charge is 0.232 e. The molecule has 6 nitrogen and oxygen atoms in total. The molecule has 1 aromatic heterocycles. The molecule has 2 aromatic rings. The zero-order valence-corrected chi connectivity index (χ0v) is 19.0. The van der Waals surface area contributed by atoms with Gasteiger partial charge in [0.1, 0.15) is 5.69 Å². The minimum Gasteiger partial charge on any atom is -0.389 e. The van der Waals surface area contributed by atoms with Gasteiger partial charge in [-0.1, -0.05) is 55.4 Å². The maximum absolute atomic E-state index is 10.5. The van der Waals surface area contributed by atoms with E-state index < -0.39 is 6.10 Å². The molecule has 0 radical (unpaired) electrons. The molecular formula is C25H37N3O3. The van der Waals surface area contributed by atoms with Gasteiger partial charge in [0.05, 0.1) is 24.9 Å². The van der Waals surface area contributed by atoms with Crippen molar-refractivity contribution in [3.05, 3.63) is 48.6 Å². The van der Waals surface area contributed by atoms with Crippen molar-refractivity contribution in [3.63, 3.8) is 0 Å². The minimum atomic E-state index is -0.558. The highest BCUT2D eigenvalue weighted by molar-refractivity contribution is 5.68. The van der Waals surface area contributed by atoms with E-state index in [0.29, 0.717) is 32.2 Å². The average Bonchev–Trinajstić information content (AvgIpc) is 3.18. The van der Waals surface area contributed by atoms with Gasteiger partial charge >= 0.3 is 0 Å². The third-order valence-corrected chi connectivity index (χ3v) is 5.48. The Morgan fingerprint density at radius 2 is 1.94 bits per heavy atom. The summed E-state index contributed by atoms with van der Waals surface area (Å²) in [5.41, 5.74) is 3.06. The first-order valence-electron chi connectivity index (χ1n) is 11.5. The van der Waals surface area contributed by atoms with Crippen molar-refractivity contribution in [1.29, 1.82) is 0 Å². The van der Waals surface area contributed by atoms with Gasteiger partial charge in [0.2, 0.25) is 5.88 Å². The second-order valence-corrected chi connectivity index (χ2v) is 8.80. The number of hydrogen-bond acceptors (Lipinski definition) is 6. The molecule has 1 aliphatic heterocycles. The van der Waals surface area contributed by atoms with Crippen LogP contribution in [-0.2, 0) is 11.3 Å². The van der Waals surface area contributed by atoms with Crippen molar-refractivity contribution in [2.24, 2.45) is 5.92 Å². The monoisotopic (exact) mass is 427 g/mol. The van der Waals surface area contributed by atoms with E-state index in [1.807, 2.05) is 18.2 Å². The van der Waals surface area contributed by atoms with Gasteiger partial charge in [-0.25, -0.2) is 0 Å². The summed E-state index contributed by atoms with van der Waals surface area (Å²) in [4.78, 5) is 4.62. The summed E-state index contributed by atoms with van der Waals surface area (Å²) in [6, 6.07) is 10.2. The van der Waals surface area contributed by atoms with Crippen LogP contribution in [0.3, 0.4) is 0 Å². The van der Waals surface area contributed by atoms with Crippen LogP contribution in [0.2, 0.25) is 0 Å². The van der Waals surface area contributed by atoms with Crippen molar-refractivity contribution in [2.45, 2.75) is 45.8 Å². The molecule has 0 spiro atoms. The summed E-state index contributed by atoms with van der Waals surface area (Å²) < 4.78 is 11.4. The van der Waals surface area contributed by atoms with E-state index in [9.17, 15) is 5.11 Å². The molecule has 6 heteroatoms. The molecule has 1 fully saturated rings. The predicted molar refractivity (Wildman–Crippen MR) is 125 cm³/mol. The molecule has 0 saturated carbocycles. The van der Waals surface area contributed by atoms with E-state index >= 15 is 0 Å². The highest BCUT2D eigenvalue weighted by Crippen LogP contribution is 2.34. The Hall–Kier alpha value is -2.15. The Bertz CT molecular complexity index is 785. The summed E-state index contributed by atoms with van der Waals surface area (Å²) in [6.45, 7) is 12.9. The Balaban J connectivity index is 1.85. The zero-order valence-electron chi connectivity index (χ0n) is 19.0. The Kier molecular flexibility index (Phi) is 9.13. The SMILES string of the molecule is C=CCOC[C@H](O)CN(Cc1c(-c2ccccc2)noc1N1CCCCC1)CC(C)C. The lowest BCUT2D eigenvalue weighted by molar-refractivity contribution is 0.0223. The van der Waals surface area contributed by atoms with Gasteiger partial charge in [-0.05, 0) is 25.2 Å². The second-order valence-electron chi connectivity index (χ2n) is 8.80. The van der Waals surface area contributed by atoms with Crippen LogP contribution in [0.5, 0.6) is 0 Å². The van der Waals surface area contributed by atoms with Crippen molar-refractivity contribution >= 4 is 5.88 Å². The van der Waals surface area contributed by atoms with Crippen LogP contribution in [0, 0.1) is 5.92 Å². The number of anilines is 1. The molecule has 1 atom stereocenters. The molecule has 2 heterocycles. The van der Waals surface area contributed by atoms with E-state index in [1.54, 1.807) is 6.08 Å². The Morgan fingerprint density at radius 1 is 1.19 bits per heavy atom. The van der Waals surface area contributed by atoms with E-state index in [4.69, 9.17) is 9.26 Å². The van der Waals surface area contributed by atoms with Crippen LogP contribution in [0.4, 0.5) is 5.88 Å². The minimum absolute atomic E-state index is 0.300. The third kappa shape index (κ3) is 6.92. The van der Waals surface area contributed by atoms with Gasteiger partial charge < -0.3 is 19.3 Å². The van der Waals surface area contributed by atoms with Gasteiger partial charge in [0.15, 0.2) is 0 Å². The largest absolute Gasteiger partial charge is 0.389 e. The first-order valence-corrected chi connectivity index (χ1v) is 11.5. The van der Waals surface area contributed by atoms with Crippen LogP contribution in [0.1, 0.15) is 38.7 Å². The highest BCUT2D eigenvalue weighted by Gasteiger charge is 2.26. The average molecular weight is 428 g/mol. The number of aromatic nitrogens is 1. The van der Waals surface area contributed by atoms with E-state index in [1.165, 1.54) is 19.3 Å². The van der Waals surface area contributed by atoms with Crippen LogP contribution >= 0.6 is 0 Å². The molecule has 3 rings (SSSR count). The number of aliphatic hydroxyl groups is 1. The molecule has 1 N–H and O–H groups in total. The molecular weight excluding hydrogens is 390 g/mol.